The minimum absolute atomic E-state index is 0.240. The van der Waals surface area contributed by atoms with Crippen LogP contribution in [0.5, 0.6) is 0 Å². The van der Waals surface area contributed by atoms with Crippen molar-refractivity contribution in [3.8, 4) is 11.3 Å². The van der Waals surface area contributed by atoms with Gasteiger partial charge in [-0.2, -0.15) is 5.10 Å². The van der Waals surface area contributed by atoms with Gasteiger partial charge < -0.3 is 10.3 Å². The first kappa shape index (κ1) is 20.1. The first-order chi connectivity index (χ1) is 14.3. The lowest BCUT2D eigenvalue weighted by molar-refractivity contribution is 0.834. The van der Waals surface area contributed by atoms with Gasteiger partial charge in [0.2, 0.25) is 0 Å². The van der Waals surface area contributed by atoms with Gasteiger partial charge in [0.05, 0.1) is 22.6 Å². The van der Waals surface area contributed by atoms with Gasteiger partial charge in [-0.15, -0.1) is 0 Å². The molecule has 0 aliphatic rings. The molecule has 0 saturated heterocycles. The molecule has 0 amide bonds. The van der Waals surface area contributed by atoms with Crippen LogP contribution < -0.4 is 5.32 Å². The molecule has 0 spiro atoms. The molecule has 0 aromatic carbocycles. The summed E-state index contributed by atoms with van der Waals surface area (Å²) in [6, 6.07) is 4.31. The summed E-state index contributed by atoms with van der Waals surface area (Å²) < 4.78 is 1.85. The topological polar surface area (TPSA) is 83.3 Å². The Bertz CT molecular complexity index is 1260. The minimum atomic E-state index is 0.240. The first-order valence-corrected chi connectivity index (χ1v) is 10.4. The molecule has 0 saturated carbocycles. The van der Waals surface area contributed by atoms with Gasteiger partial charge in [-0.05, 0) is 63.8 Å². The maximum absolute atomic E-state index is 4.94. The molecule has 7 heteroatoms. The number of amidine groups is 1. The van der Waals surface area contributed by atoms with Gasteiger partial charge in [0.15, 0.2) is 5.65 Å². The van der Waals surface area contributed by atoms with E-state index in [4.69, 9.17) is 4.98 Å². The standard InChI is InChI=1S/C23H29N7/c1-12(2)20-21(17-10-30-23(24-11-25-30)15(6)14(17)5)28-18-8-9-19(29-22(18)20)27-16(7)26-13(3)4/h8-13,28H,1-7H3,(H,26,27,29). The second kappa shape index (κ2) is 7.55. The molecule has 4 heterocycles. The van der Waals surface area contributed by atoms with Crippen LogP contribution >= 0.6 is 0 Å². The lowest BCUT2D eigenvalue weighted by Crippen LogP contribution is -2.11. The Labute approximate surface area is 176 Å². The molecule has 4 rings (SSSR count). The quantitative estimate of drug-likeness (QED) is 0.360. The Hall–Kier alpha value is -3.22. The monoisotopic (exact) mass is 403 g/mol. The highest BCUT2D eigenvalue weighted by Gasteiger charge is 2.21. The molecule has 0 atom stereocenters. The SMILES string of the molecule is CC(=NC(C)C)Nc1ccc2[nH]c(-c3cn4ncnc4c(C)c3C)c(C(C)C)c2n1. The maximum Gasteiger partial charge on any atom is 0.158 e. The third-order valence-corrected chi connectivity index (χ3v) is 5.41. The largest absolute Gasteiger partial charge is 0.353 e. The average Bonchev–Trinajstić information content (AvgIpc) is 3.27. The van der Waals surface area contributed by atoms with E-state index in [0.29, 0.717) is 5.92 Å². The molecule has 4 aromatic heterocycles. The summed E-state index contributed by atoms with van der Waals surface area (Å²) in [5, 5.41) is 7.68. The van der Waals surface area contributed by atoms with Crippen molar-refractivity contribution in [2.75, 3.05) is 5.32 Å². The third-order valence-electron chi connectivity index (χ3n) is 5.41. The first-order valence-electron chi connectivity index (χ1n) is 10.4. The van der Waals surface area contributed by atoms with Gasteiger partial charge in [-0.1, -0.05) is 13.8 Å². The number of aromatic nitrogens is 5. The van der Waals surface area contributed by atoms with Gasteiger partial charge in [0, 0.05) is 23.4 Å². The number of pyridine rings is 2. The van der Waals surface area contributed by atoms with Crippen LogP contribution in [-0.2, 0) is 0 Å². The van der Waals surface area contributed by atoms with E-state index in [1.165, 1.54) is 11.1 Å². The summed E-state index contributed by atoms with van der Waals surface area (Å²) in [6.45, 7) is 14.7. The van der Waals surface area contributed by atoms with E-state index in [9.17, 15) is 0 Å². The molecule has 30 heavy (non-hydrogen) atoms. The molecule has 156 valence electrons. The fourth-order valence-electron chi connectivity index (χ4n) is 3.99. The zero-order valence-electron chi connectivity index (χ0n) is 18.7. The summed E-state index contributed by atoms with van der Waals surface area (Å²) in [5.41, 5.74) is 8.65. The number of aliphatic imine (C=N–C) groups is 1. The summed E-state index contributed by atoms with van der Waals surface area (Å²) in [6.07, 6.45) is 3.65. The highest BCUT2D eigenvalue weighted by atomic mass is 15.3. The smallest absolute Gasteiger partial charge is 0.158 e. The molecule has 7 nitrogen and oxygen atoms in total. The molecular formula is C23H29N7. The van der Waals surface area contributed by atoms with Crippen LogP contribution in [0.3, 0.4) is 0 Å². The van der Waals surface area contributed by atoms with Crippen molar-refractivity contribution < 1.29 is 0 Å². The number of aromatic amines is 1. The lowest BCUT2D eigenvalue weighted by atomic mass is 9.95. The number of fused-ring (bicyclic) bond motifs is 2. The average molecular weight is 404 g/mol. The molecule has 2 N–H and O–H groups in total. The fraction of sp³-hybridized carbons (Fsp3) is 0.391. The van der Waals surface area contributed by atoms with Gasteiger partial charge in [0.1, 0.15) is 12.1 Å². The van der Waals surface area contributed by atoms with Crippen molar-refractivity contribution >= 4 is 28.3 Å². The summed E-state index contributed by atoms with van der Waals surface area (Å²) >= 11 is 0. The van der Waals surface area contributed by atoms with Crippen molar-refractivity contribution in [2.45, 2.75) is 60.4 Å². The molecule has 4 aromatic rings. The van der Waals surface area contributed by atoms with E-state index in [2.05, 4.69) is 79.2 Å². The number of aryl methyl sites for hydroxylation is 1. The highest BCUT2D eigenvalue weighted by Crippen LogP contribution is 2.37. The van der Waals surface area contributed by atoms with Gasteiger partial charge in [-0.25, -0.2) is 14.5 Å². The molecule has 0 radical (unpaired) electrons. The summed E-state index contributed by atoms with van der Waals surface area (Å²) in [4.78, 5) is 17.5. The van der Waals surface area contributed by atoms with E-state index < -0.39 is 0 Å². The number of hydrogen-bond donors (Lipinski definition) is 2. The molecular weight excluding hydrogens is 374 g/mol. The van der Waals surface area contributed by atoms with Crippen molar-refractivity contribution in [3.05, 3.63) is 41.3 Å². The highest BCUT2D eigenvalue weighted by molar-refractivity contribution is 5.95. The third kappa shape index (κ3) is 3.44. The van der Waals surface area contributed by atoms with Crippen molar-refractivity contribution in [2.24, 2.45) is 4.99 Å². The molecule has 0 bridgehead atoms. The Morgan fingerprint density at radius 1 is 1.13 bits per heavy atom. The number of rotatable bonds is 4. The zero-order valence-corrected chi connectivity index (χ0v) is 18.7. The Kier molecular flexibility index (Phi) is 5.05. The number of anilines is 1. The second-order valence-electron chi connectivity index (χ2n) is 8.42. The molecule has 0 aliphatic carbocycles. The summed E-state index contributed by atoms with van der Waals surface area (Å²) in [7, 11) is 0. The Morgan fingerprint density at radius 3 is 2.60 bits per heavy atom. The second-order valence-corrected chi connectivity index (χ2v) is 8.42. The number of hydrogen-bond acceptors (Lipinski definition) is 4. The van der Waals surface area contributed by atoms with Crippen molar-refractivity contribution in [1.82, 2.24) is 24.6 Å². The van der Waals surface area contributed by atoms with Gasteiger partial charge in [0.25, 0.3) is 0 Å². The van der Waals surface area contributed by atoms with Crippen molar-refractivity contribution in [1.29, 1.82) is 0 Å². The van der Waals surface area contributed by atoms with Crippen LogP contribution in [-0.4, -0.2) is 36.4 Å². The molecule has 0 aliphatic heterocycles. The minimum Gasteiger partial charge on any atom is -0.353 e. The van der Waals surface area contributed by atoms with E-state index in [1.807, 2.05) is 17.5 Å². The Balaban J connectivity index is 1.89. The molecule has 0 fully saturated rings. The van der Waals surface area contributed by atoms with Crippen molar-refractivity contribution in [3.63, 3.8) is 0 Å². The lowest BCUT2D eigenvalue weighted by Gasteiger charge is -2.13. The van der Waals surface area contributed by atoms with Crippen LogP contribution in [0, 0.1) is 13.8 Å². The van der Waals surface area contributed by atoms with E-state index in [1.54, 1.807) is 6.33 Å². The van der Waals surface area contributed by atoms with E-state index in [-0.39, 0.29) is 6.04 Å². The number of H-pyrrole nitrogens is 1. The summed E-state index contributed by atoms with van der Waals surface area (Å²) in [5.74, 6) is 1.96. The van der Waals surface area contributed by atoms with Gasteiger partial charge >= 0.3 is 0 Å². The maximum atomic E-state index is 4.94. The van der Waals surface area contributed by atoms with Crippen LogP contribution in [0.25, 0.3) is 27.9 Å². The predicted octanol–water partition coefficient (Wildman–Crippen LogP) is 5.25. The zero-order chi connectivity index (χ0) is 21.6. The van der Waals surface area contributed by atoms with E-state index >= 15 is 0 Å². The van der Waals surface area contributed by atoms with Crippen LogP contribution in [0.15, 0.2) is 29.6 Å². The number of nitrogens with zero attached hydrogens (tertiary/aromatic N) is 5. The Morgan fingerprint density at radius 2 is 1.90 bits per heavy atom. The predicted molar refractivity (Wildman–Crippen MR) is 124 cm³/mol. The number of nitrogens with one attached hydrogen (secondary N) is 2. The van der Waals surface area contributed by atoms with Crippen LogP contribution in [0.4, 0.5) is 5.82 Å². The molecule has 0 unspecified atom stereocenters. The normalized spacial score (nSPS) is 12.6. The van der Waals surface area contributed by atoms with Crippen LogP contribution in [0.2, 0.25) is 0 Å². The fourth-order valence-corrected chi connectivity index (χ4v) is 3.99. The van der Waals surface area contributed by atoms with Crippen LogP contribution in [0.1, 0.15) is 57.2 Å². The van der Waals surface area contributed by atoms with Gasteiger partial charge in [-0.3, -0.25) is 4.99 Å². The van der Waals surface area contributed by atoms with E-state index in [0.717, 1.165) is 45.2 Å².